The summed E-state index contributed by atoms with van der Waals surface area (Å²) in [5, 5.41) is 0. The lowest BCUT2D eigenvalue weighted by Crippen LogP contribution is -2.37. The summed E-state index contributed by atoms with van der Waals surface area (Å²) >= 11 is 0. The molecule has 1 rings (SSSR count). The summed E-state index contributed by atoms with van der Waals surface area (Å²) in [5.74, 6) is -0.391. The molecule has 0 N–H and O–H groups in total. The van der Waals surface area contributed by atoms with Crippen molar-refractivity contribution in [2.75, 3.05) is 19.7 Å². The van der Waals surface area contributed by atoms with Gasteiger partial charge in [0.15, 0.2) is 0 Å². The Bertz CT molecular complexity index is 420. The maximum absolute atomic E-state index is 12.1. The monoisotopic (exact) mass is 278 g/mol. The maximum atomic E-state index is 12.1. The van der Waals surface area contributed by atoms with Gasteiger partial charge in [0.1, 0.15) is 6.54 Å². The number of esters is 1. The molecule has 1 heterocycles. The third-order valence-corrected chi connectivity index (χ3v) is 2.79. The highest BCUT2D eigenvalue weighted by molar-refractivity contribution is 5.82. The third-order valence-electron chi connectivity index (χ3n) is 2.79. The summed E-state index contributed by atoms with van der Waals surface area (Å²) in [6.07, 6.45) is 3.47. The molecule has 0 aliphatic carbocycles. The second-order valence-electron chi connectivity index (χ2n) is 4.44. The van der Waals surface area contributed by atoms with Gasteiger partial charge in [0.25, 0.3) is 0 Å². The van der Waals surface area contributed by atoms with Crippen LogP contribution >= 0.6 is 0 Å². The minimum atomic E-state index is -0.355. The van der Waals surface area contributed by atoms with Crippen molar-refractivity contribution >= 4 is 11.9 Å². The molecule has 0 atom stereocenters. The van der Waals surface area contributed by atoms with Crippen LogP contribution in [0.15, 0.2) is 24.4 Å². The number of aromatic nitrogens is 1. The van der Waals surface area contributed by atoms with Gasteiger partial charge in [-0.1, -0.05) is 13.0 Å². The molecular formula is C15H22N2O3. The van der Waals surface area contributed by atoms with E-state index in [1.807, 2.05) is 25.1 Å². The molecule has 0 fully saturated rings. The van der Waals surface area contributed by atoms with Crippen LogP contribution < -0.4 is 0 Å². The van der Waals surface area contributed by atoms with Crippen molar-refractivity contribution in [3.8, 4) is 0 Å². The predicted octanol–water partition coefficient (Wildman–Crippen LogP) is 1.82. The van der Waals surface area contributed by atoms with Gasteiger partial charge in [0.2, 0.25) is 5.91 Å². The number of carbonyl (C=O) groups excluding carboxylic acids is 2. The maximum Gasteiger partial charge on any atom is 0.325 e. The van der Waals surface area contributed by atoms with E-state index in [0.29, 0.717) is 26.0 Å². The average molecular weight is 278 g/mol. The standard InChI is InChI=1S/C15H22N2O3/c1-3-11-17(12-15(19)20-4-2)14(18)9-8-13-7-5-6-10-16-13/h5-7,10H,3-4,8-9,11-12H2,1-2H3. The van der Waals surface area contributed by atoms with Crippen LogP contribution in [0.3, 0.4) is 0 Å². The van der Waals surface area contributed by atoms with Gasteiger partial charge in [-0.2, -0.15) is 0 Å². The van der Waals surface area contributed by atoms with Gasteiger partial charge < -0.3 is 9.64 Å². The summed E-state index contributed by atoms with van der Waals surface area (Å²) in [4.78, 5) is 29.4. The summed E-state index contributed by atoms with van der Waals surface area (Å²) in [5.41, 5.74) is 0.883. The fourth-order valence-electron chi connectivity index (χ4n) is 1.86. The highest BCUT2D eigenvalue weighted by Crippen LogP contribution is 2.03. The Labute approximate surface area is 119 Å². The van der Waals surface area contributed by atoms with Crippen LogP contribution in [0.4, 0.5) is 0 Å². The molecule has 5 nitrogen and oxygen atoms in total. The van der Waals surface area contributed by atoms with Gasteiger partial charge in [-0.05, 0) is 31.9 Å². The number of pyridine rings is 1. The molecule has 0 radical (unpaired) electrons. The Hall–Kier alpha value is -1.91. The molecule has 20 heavy (non-hydrogen) atoms. The van der Waals surface area contributed by atoms with E-state index in [1.165, 1.54) is 0 Å². The van der Waals surface area contributed by atoms with Gasteiger partial charge in [-0.3, -0.25) is 14.6 Å². The molecule has 5 heteroatoms. The van der Waals surface area contributed by atoms with Gasteiger partial charge in [0.05, 0.1) is 6.61 Å². The zero-order valence-electron chi connectivity index (χ0n) is 12.2. The quantitative estimate of drug-likeness (QED) is 0.681. The second-order valence-corrected chi connectivity index (χ2v) is 4.44. The summed E-state index contributed by atoms with van der Waals surface area (Å²) in [7, 11) is 0. The van der Waals surface area contributed by atoms with Crippen LogP contribution in [-0.2, 0) is 20.7 Å². The molecule has 1 aromatic rings. The Morgan fingerprint density at radius 1 is 1.30 bits per heavy atom. The topological polar surface area (TPSA) is 59.5 Å². The van der Waals surface area contributed by atoms with Crippen molar-refractivity contribution in [2.24, 2.45) is 0 Å². The number of aryl methyl sites for hydroxylation is 1. The molecule has 0 saturated carbocycles. The summed E-state index contributed by atoms with van der Waals surface area (Å²) in [6, 6.07) is 5.63. The van der Waals surface area contributed by atoms with Crippen molar-refractivity contribution in [3.05, 3.63) is 30.1 Å². The van der Waals surface area contributed by atoms with E-state index in [0.717, 1.165) is 12.1 Å². The van der Waals surface area contributed by atoms with Crippen molar-refractivity contribution in [1.82, 2.24) is 9.88 Å². The third kappa shape index (κ3) is 5.82. The number of hydrogen-bond acceptors (Lipinski definition) is 4. The van der Waals surface area contributed by atoms with E-state index in [1.54, 1.807) is 18.0 Å². The van der Waals surface area contributed by atoms with E-state index in [9.17, 15) is 9.59 Å². The lowest BCUT2D eigenvalue weighted by molar-refractivity contribution is -0.149. The van der Waals surface area contributed by atoms with Crippen molar-refractivity contribution in [2.45, 2.75) is 33.1 Å². The van der Waals surface area contributed by atoms with E-state index >= 15 is 0 Å². The van der Waals surface area contributed by atoms with Crippen LogP contribution in [0.25, 0.3) is 0 Å². The number of carbonyl (C=O) groups is 2. The average Bonchev–Trinajstić information content (AvgIpc) is 2.45. The van der Waals surface area contributed by atoms with Gasteiger partial charge in [-0.25, -0.2) is 0 Å². The zero-order chi connectivity index (χ0) is 14.8. The SMILES string of the molecule is CCCN(CC(=O)OCC)C(=O)CCc1ccccn1. The Balaban J connectivity index is 2.49. The molecule has 110 valence electrons. The minimum Gasteiger partial charge on any atom is -0.465 e. The minimum absolute atomic E-state index is 0.0305. The first-order chi connectivity index (χ1) is 9.67. The molecular weight excluding hydrogens is 256 g/mol. The number of ether oxygens (including phenoxy) is 1. The van der Waals surface area contributed by atoms with Crippen LogP contribution in [0.2, 0.25) is 0 Å². The Morgan fingerprint density at radius 3 is 2.70 bits per heavy atom. The van der Waals surface area contributed by atoms with Gasteiger partial charge in [-0.15, -0.1) is 0 Å². The molecule has 0 saturated heterocycles. The van der Waals surface area contributed by atoms with Crippen LogP contribution in [0.5, 0.6) is 0 Å². The van der Waals surface area contributed by atoms with Gasteiger partial charge >= 0.3 is 5.97 Å². The normalized spacial score (nSPS) is 10.1. The Morgan fingerprint density at radius 2 is 2.10 bits per heavy atom. The largest absolute Gasteiger partial charge is 0.465 e. The first-order valence-electron chi connectivity index (χ1n) is 7.00. The molecule has 0 unspecified atom stereocenters. The molecule has 0 spiro atoms. The fraction of sp³-hybridized carbons (Fsp3) is 0.533. The van der Waals surface area contributed by atoms with Crippen molar-refractivity contribution < 1.29 is 14.3 Å². The second kappa shape index (κ2) is 9.07. The lowest BCUT2D eigenvalue weighted by atomic mass is 10.2. The molecule has 1 aromatic heterocycles. The highest BCUT2D eigenvalue weighted by atomic mass is 16.5. The predicted molar refractivity (Wildman–Crippen MR) is 76.1 cm³/mol. The number of amides is 1. The molecule has 0 bridgehead atoms. The van der Waals surface area contributed by atoms with E-state index in [2.05, 4.69) is 4.98 Å². The smallest absolute Gasteiger partial charge is 0.325 e. The van der Waals surface area contributed by atoms with Crippen LogP contribution in [0, 0.1) is 0 Å². The first kappa shape index (κ1) is 16.1. The zero-order valence-corrected chi connectivity index (χ0v) is 12.2. The fourth-order valence-corrected chi connectivity index (χ4v) is 1.86. The van der Waals surface area contributed by atoms with E-state index in [-0.39, 0.29) is 18.4 Å². The first-order valence-corrected chi connectivity index (χ1v) is 7.00. The van der Waals surface area contributed by atoms with E-state index in [4.69, 9.17) is 4.74 Å². The van der Waals surface area contributed by atoms with Crippen LogP contribution in [-0.4, -0.2) is 41.5 Å². The highest BCUT2D eigenvalue weighted by Gasteiger charge is 2.16. The van der Waals surface area contributed by atoms with Gasteiger partial charge in [0, 0.05) is 24.9 Å². The Kier molecular flexibility index (Phi) is 7.32. The van der Waals surface area contributed by atoms with Crippen LogP contribution in [0.1, 0.15) is 32.4 Å². The lowest BCUT2D eigenvalue weighted by Gasteiger charge is -2.21. The molecule has 0 aromatic carbocycles. The molecule has 1 amide bonds. The molecule has 0 aliphatic heterocycles. The summed E-state index contributed by atoms with van der Waals surface area (Å²) in [6.45, 7) is 4.67. The summed E-state index contributed by atoms with van der Waals surface area (Å²) < 4.78 is 4.89. The number of rotatable bonds is 8. The number of nitrogens with zero attached hydrogens (tertiary/aromatic N) is 2. The van der Waals surface area contributed by atoms with Crippen molar-refractivity contribution in [1.29, 1.82) is 0 Å². The number of hydrogen-bond donors (Lipinski definition) is 0. The van der Waals surface area contributed by atoms with Crippen molar-refractivity contribution in [3.63, 3.8) is 0 Å². The van der Waals surface area contributed by atoms with E-state index < -0.39 is 0 Å². The molecule has 0 aliphatic rings.